The van der Waals surface area contributed by atoms with Crippen LogP contribution in [0.4, 0.5) is 5.82 Å². The molecule has 0 bridgehead atoms. The average Bonchev–Trinajstić information content (AvgIpc) is 2.57. The van der Waals surface area contributed by atoms with Crippen molar-refractivity contribution in [3.05, 3.63) is 24.4 Å². The first-order valence-corrected chi connectivity index (χ1v) is 8.00. The lowest BCUT2D eigenvalue weighted by atomic mass is 9.97. The van der Waals surface area contributed by atoms with Crippen LogP contribution in [0.3, 0.4) is 0 Å². The summed E-state index contributed by atoms with van der Waals surface area (Å²) in [5, 5.41) is 6.54. The fraction of sp³-hybridized carbons (Fsp3) is 0.625. The van der Waals surface area contributed by atoms with E-state index >= 15 is 0 Å². The van der Waals surface area contributed by atoms with Gasteiger partial charge in [0.2, 0.25) is 5.91 Å². The Labute approximate surface area is 126 Å². The molecule has 1 atom stereocenters. The minimum Gasteiger partial charge on any atom is -0.356 e. The van der Waals surface area contributed by atoms with Crippen LogP contribution in [-0.2, 0) is 4.79 Å². The summed E-state index contributed by atoms with van der Waals surface area (Å²) in [6, 6.07) is 6.33. The number of hydrogen-bond acceptors (Lipinski definition) is 4. The summed E-state index contributed by atoms with van der Waals surface area (Å²) in [5.74, 6) is 1.44. The lowest BCUT2D eigenvalue weighted by Crippen LogP contribution is -2.48. The van der Waals surface area contributed by atoms with Gasteiger partial charge in [-0.1, -0.05) is 6.07 Å². The Morgan fingerprint density at radius 3 is 2.81 bits per heavy atom. The van der Waals surface area contributed by atoms with E-state index in [0.29, 0.717) is 6.04 Å². The molecule has 3 heterocycles. The topological polar surface area (TPSA) is 57.3 Å². The van der Waals surface area contributed by atoms with Crippen LogP contribution < -0.4 is 15.5 Å². The van der Waals surface area contributed by atoms with Gasteiger partial charge in [0, 0.05) is 31.9 Å². The Hall–Kier alpha value is -1.62. The summed E-state index contributed by atoms with van der Waals surface area (Å²) in [7, 11) is 0. The predicted molar refractivity (Wildman–Crippen MR) is 83.2 cm³/mol. The first kappa shape index (κ1) is 14.3. The molecule has 21 heavy (non-hydrogen) atoms. The number of aromatic nitrogens is 1. The smallest absolute Gasteiger partial charge is 0.224 e. The lowest BCUT2D eigenvalue weighted by molar-refractivity contribution is -0.126. The van der Waals surface area contributed by atoms with Crippen LogP contribution in [0.15, 0.2) is 24.4 Å². The third-order valence-corrected chi connectivity index (χ3v) is 4.48. The van der Waals surface area contributed by atoms with Crippen molar-refractivity contribution in [2.24, 2.45) is 5.92 Å². The van der Waals surface area contributed by atoms with Crippen LogP contribution in [0.5, 0.6) is 0 Å². The zero-order valence-corrected chi connectivity index (χ0v) is 12.4. The van der Waals surface area contributed by atoms with Crippen LogP contribution in [0.1, 0.15) is 25.7 Å². The molecule has 2 saturated heterocycles. The number of amides is 1. The maximum Gasteiger partial charge on any atom is 0.224 e. The van der Waals surface area contributed by atoms with Crippen molar-refractivity contribution in [1.82, 2.24) is 15.6 Å². The zero-order chi connectivity index (χ0) is 14.5. The third-order valence-electron chi connectivity index (χ3n) is 4.48. The van der Waals surface area contributed by atoms with Gasteiger partial charge in [-0.15, -0.1) is 0 Å². The molecule has 1 aromatic heterocycles. The van der Waals surface area contributed by atoms with Gasteiger partial charge in [-0.2, -0.15) is 0 Å². The lowest BCUT2D eigenvalue weighted by Gasteiger charge is -2.34. The molecule has 0 radical (unpaired) electrons. The first-order valence-electron chi connectivity index (χ1n) is 8.00. The van der Waals surface area contributed by atoms with Crippen LogP contribution in [0.2, 0.25) is 0 Å². The Kier molecular flexibility index (Phi) is 4.70. The van der Waals surface area contributed by atoms with Gasteiger partial charge in [-0.25, -0.2) is 4.98 Å². The van der Waals surface area contributed by atoms with Crippen LogP contribution in [-0.4, -0.2) is 43.1 Å². The number of nitrogens with one attached hydrogen (secondary N) is 2. The highest BCUT2D eigenvalue weighted by atomic mass is 16.2. The van der Waals surface area contributed by atoms with Gasteiger partial charge in [0.05, 0.1) is 5.92 Å². The van der Waals surface area contributed by atoms with E-state index in [2.05, 4.69) is 20.5 Å². The van der Waals surface area contributed by atoms with E-state index in [0.717, 1.165) is 57.7 Å². The van der Waals surface area contributed by atoms with Crippen LogP contribution >= 0.6 is 0 Å². The van der Waals surface area contributed by atoms with Gasteiger partial charge in [-0.05, 0) is 44.4 Å². The van der Waals surface area contributed by atoms with Crippen LogP contribution in [0.25, 0.3) is 0 Å². The van der Waals surface area contributed by atoms with Crippen LogP contribution in [0, 0.1) is 5.92 Å². The maximum atomic E-state index is 12.2. The van der Waals surface area contributed by atoms with Crippen molar-refractivity contribution in [2.45, 2.75) is 31.7 Å². The second kappa shape index (κ2) is 6.89. The van der Waals surface area contributed by atoms with Gasteiger partial charge in [0.25, 0.3) is 0 Å². The molecule has 2 aliphatic heterocycles. The molecule has 0 spiro atoms. The van der Waals surface area contributed by atoms with Crippen molar-refractivity contribution in [2.75, 3.05) is 31.1 Å². The van der Waals surface area contributed by atoms with Gasteiger partial charge in [-0.3, -0.25) is 4.79 Å². The Balaban J connectivity index is 1.46. The van der Waals surface area contributed by atoms with E-state index in [1.807, 2.05) is 24.4 Å². The van der Waals surface area contributed by atoms with Crippen molar-refractivity contribution in [3.63, 3.8) is 0 Å². The molecule has 2 aliphatic rings. The number of carbonyl (C=O) groups is 1. The SMILES string of the molecule is O=C(NC1CCN(c2ccccn2)CC1)C1CCCNC1. The highest BCUT2D eigenvalue weighted by molar-refractivity contribution is 5.79. The molecular weight excluding hydrogens is 264 g/mol. The molecule has 5 heteroatoms. The average molecular weight is 288 g/mol. The number of nitrogens with zero attached hydrogens (tertiary/aromatic N) is 2. The fourth-order valence-corrected chi connectivity index (χ4v) is 3.19. The molecular formula is C16H24N4O. The summed E-state index contributed by atoms with van der Waals surface area (Å²) in [4.78, 5) is 18.9. The molecule has 1 unspecified atom stereocenters. The molecule has 0 aliphatic carbocycles. The standard InChI is InChI=1S/C16H24N4O/c21-16(13-4-3-8-17-12-13)19-14-6-10-20(11-7-14)15-5-1-2-9-18-15/h1-2,5,9,13-14,17H,3-4,6-8,10-12H2,(H,19,21). The van der Waals surface area contributed by atoms with E-state index in [4.69, 9.17) is 0 Å². The molecule has 2 N–H and O–H groups in total. The van der Waals surface area contributed by atoms with Gasteiger partial charge < -0.3 is 15.5 Å². The summed E-state index contributed by atoms with van der Waals surface area (Å²) in [5.41, 5.74) is 0. The number of carbonyl (C=O) groups excluding carboxylic acids is 1. The van der Waals surface area contributed by atoms with E-state index in [1.54, 1.807) is 0 Å². The Bertz CT molecular complexity index is 451. The fourth-order valence-electron chi connectivity index (χ4n) is 3.19. The van der Waals surface area contributed by atoms with E-state index in [-0.39, 0.29) is 11.8 Å². The Morgan fingerprint density at radius 1 is 1.29 bits per heavy atom. The number of pyridine rings is 1. The number of piperidine rings is 2. The highest BCUT2D eigenvalue weighted by Crippen LogP contribution is 2.18. The molecule has 0 saturated carbocycles. The van der Waals surface area contributed by atoms with Gasteiger partial charge in [0.1, 0.15) is 5.82 Å². The van der Waals surface area contributed by atoms with Crippen molar-refractivity contribution < 1.29 is 4.79 Å². The van der Waals surface area contributed by atoms with Gasteiger partial charge >= 0.3 is 0 Å². The van der Waals surface area contributed by atoms with Crippen molar-refractivity contribution >= 4 is 11.7 Å². The Morgan fingerprint density at radius 2 is 2.14 bits per heavy atom. The quantitative estimate of drug-likeness (QED) is 0.876. The minimum absolute atomic E-state index is 0.160. The molecule has 1 aromatic rings. The number of rotatable bonds is 3. The molecule has 1 amide bonds. The van der Waals surface area contributed by atoms with E-state index in [9.17, 15) is 4.79 Å². The monoisotopic (exact) mass is 288 g/mol. The number of anilines is 1. The summed E-state index contributed by atoms with van der Waals surface area (Å²) in [6.45, 7) is 3.81. The minimum atomic E-state index is 0.160. The maximum absolute atomic E-state index is 12.2. The van der Waals surface area contributed by atoms with Crippen molar-refractivity contribution in [3.8, 4) is 0 Å². The zero-order valence-electron chi connectivity index (χ0n) is 12.4. The highest BCUT2D eigenvalue weighted by Gasteiger charge is 2.25. The molecule has 0 aromatic carbocycles. The summed E-state index contributed by atoms with van der Waals surface area (Å²) >= 11 is 0. The summed E-state index contributed by atoms with van der Waals surface area (Å²) < 4.78 is 0. The predicted octanol–water partition coefficient (Wildman–Crippen LogP) is 1.17. The van der Waals surface area contributed by atoms with Gasteiger partial charge in [0.15, 0.2) is 0 Å². The van der Waals surface area contributed by atoms with E-state index in [1.165, 1.54) is 0 Å². The second-order valence-corrected chi connectivity index (χ2v) is 6.00. The molecule has 3 rings (SSSR count). The molecule has 114 valence electrons. The molecule has 2 fully saturated rings. The third kappa shape index (κ3) is 3.73. The first-order chi connectivity index (χ1) is 10.3. The largest absolute Gasteiger partial charge is 0.356 e. The second-order valence-electron chi connectivity index (χ2n) is 6.00. The normalized spacial score (nSPS) is 23.8. The molecule has 5 nitrogen and oxygen atoms in total. The van der Waals surface area contributed by atoms with E-state index < -0.39 is 0 Å². The van der Waals surface area contributed by atoms with Crippen molar-refractivity contribution in [1.29, 1.82) is 0 Å². The summed E-state index contributed by atoms with van der Waals surface area (Å²) in [6.07, 6.45) is 5.96. The number of hydrogen-bond donors (Lipinski definition) is 2.